The molecule has 0 aromatic carbocycles. The smallest absolute Gasteiger partial charge is 0.270 e. The van der Waals surface area contributed by atoms with E-state index in [1.165, 1.54) is 11.8 Å². The van der Waals surface area contributed by atoms with Crippen LogP contribution < -0.4 is 5.32 Å². The van der Waals surface area contributed by atoms with Gasteiger partial charge in [0.1, 0.15) is 0 Å². The van der Waals surface area contributed by atoms with Crippen LogP contribution in [0.15, 0.2) is 83.7 Å². The summed E-state index contributed by atoms with van der Waals surface area (Å²) in [5, 5.41) is 11.8. The average molecular weight is 467 g/mol. The molecule has 2 N–H and O–H groups in total. The van der Waals surface area contributed by atoms with Crippen molar-refractivity contribution in [3.8, 4) is 0 Å². The Labute approximate surface area is 204 Å². The standard InChI is InChI=1S/C30H40F2N2/c1-5-6-7-22-8-10-24(11-9-22)29(18-21(2)3)34-28-17-14-25(19-26(28)20-33)23-12-15-27(16-13-23)30(4,31)32/h5,8,10-12,14-17,20-23,25,29,33-34H,1,6-7,9,13,18-19H2,2-4H3. The van der Waals surface area contributed by atoms with E-state index in [0.29, 0.717) is 18.3 Å². The molecule has 0 amide bonds. The molecule has 0 saturated carbocycles. The highest BCUT2D eigenvalue weighted by Crippen LogP contribution is 2.36. The fraction of sp³-hybridized carbons (Fsp3) is 0.500. The fourth-order valence-electron chi connectivity index (χ4n) is 5.03. The topological polar surface area (TPSA) is 35.9 Å². The van der Waals surface area contributed by atoms with Crippen molar-refractivity contribution in [2.75, 3.05) is 0 Å². The largest absolute Gasteiger partial charge is 0.378 e. The summed E-state index contributed by atoms with van der Waals surface area (Å²) in [7, 11) is 0. The van der Waals surface area contributed by atoms with Gasteiger partial charge in [0.25, 0.3) is 5.92 Å². The SMILES string of the molecule is C=CCCC1C=CC(C(CC(C)C)NC2=C(C=N)CC(C3C=CC(C(C)(F)F)=CC3)C=C2)=CC1. The van der Waals surface area contributed by atoms with E-state index in [2.05, 4.69) is 56.1 Å². The number of allylic oxidation sites excluding steroid dienone is 10. The summed E-state index contributed by atoms with van der Waals surface area (Å²) in [5.74, 6) is -1.27. The van der Waals surface area contributed by atoms with Crippen LogP contribution in [0, 0.1) is 29.1 Å². The van der Waals surface area contributed by atoms with Crippen molar-refractivity contribution in [3.05, 3.63) is 83.7 Å². The highest BCUT2D eigenvalue weighted by molar-refractivity contribution is 5.78. The second-order valence-electron chi connectivity index (χ2n) is 10.4. The predicted octanol–water partition coefficient (Wildman–Crippen LogP) is 8.10. The lowest BCUT2D eigenvalue weighted by atomic mass is 9.78. The van der Waals surface area contributed by atoms with Gasteiger partial charge in [0.05, 0.1) is 6.04 Å². The third-order valence-electron chi connectivity index (χ3n) is 7.07. The van der Waals surface area contributed by atoms with Crippen LogP contribution in [-0.4, -0.2) is 18.2 Å². The Morgan fingerprint density at radius 1 is 1.12 bits per heavy atom. The van der Waals surface area contributed by atoms with Gasteiger partial charge in [-0.05, 0) is 79.4 Å². The molecule has 0 aromatic rings. The minimum atomic E-state index is -2.79. The lowest BCUT2D eigenvalue weighted by molar-refractivity contribution is 0.0664. The summed E-state index contributed by atoms with van der Waals surface area (Å²) in [4.78, 5) is 0. The van der Waals surface area contributed by atoms with Crippen LogP contribution in [0.25, 0.3) is 0 Å². The first-order valence-corrected chi connectivity index (χ1v) is 12.7. The third kappa shape index (κ3) is 7.01. The molecule has 0 fully saturated rings. The monoisotopic (exact) mass is 466 g/mol. The lowest BCUT2D eigenvalue weighted by Gasteiger charge is -2.31. The molecule has 0 bridgehead atoms. The number of hydrogen-bond donors (Lipinski definition) is 2. The molecule has 0 aliphatic heterocycles. The van der Waals surface area contributed by atoms with Crippen LogP contribution >= 0.6 is 0 Å². The van der Waals surface area contributed by atoms with E-state index in [4.69, 9.17) is 5.41 Å². The van der Waals surface area contributed by atoms with E-state index in [-0.39, 0.29) is 23.5 Å². The molecule has 4 heteroatoms. The molecule has 0 spiro atoms. The average Bonchev–Trinajstić information content (AvgIpc) is 2.82. The molecular formula is C30H40F2N2. The predicted molar refractivity (Wildman–Crippen MR) is 140 cm³/mol. The maximum Gasteiger partial charge on any atom is 0.270 e. The molecule has 0 aromatic heterocycles. The number of halogens is 2. The molecule has 3 aliphatic carbocycles. The maximum absolute atomic E-state index is 13.6. The van der Waals surface area contributed by atoms with E-state index in [0.717, 1.165) is 50.3 Å². The minimum absolute atomic E-state index is 0.103. The Bertz CT molecular complexity index is 924. The summed E-state index contributed by atoms with van der Waals surface area (Å²) in [6, 6.07) is 0.203. The van der Waals surface area contributed by atoms with Gasteiger partial charge in [-0.1, -0.05) is 62.5 Å². The van der Waals surface area contributed by atoms with Gasteiger partial charge in [-0.2, -0.15) is 0 Å². The van der Waals surface area contributed by atoms with Crippen molar-refractivity contribution >= 4 is 6.21 Å². The van der Waals surface area contributed by atoms with Crippen molar-refractivity contribution in [2.24, 2.45) is 23.7 Å². The zero-order chi connectivity index (χ0) is 24.7. The normalized spacial score (nSPS) is 25.8. The Morgan fingerprint density at radius 3 is 2.44 bits per heavy atom. The van der Waals surface area contributed by atoms with Crippen molar-refractivity contribution in [2.45, 2.75) is 71.3 Å². The molecular weight excluding hydrogens is 426 g/mol. The van der Waals surface area contributed by atoms with Gasteiger partial charge in [-0.15, -0.1) is 6.58 Å². The third-order valence-corrected chi connectivity index (χ3v) is 7.07. The number of hydrogen-bond acceptors (Lipinski definition) is 2. The molecule has 4 atom stereocenters. The molecule has 2 nitrogen and oxygen atoms in total. The second-order valence-corrected chi connectivity index (χ2v) is 10.4. The molecule has 0 saturated heterocycles. The van der Waals surface area contributed by atoms with E-state index in [1.54, 1.807) is 12.2 Å². The zero-order valence-corrected chi connectivity index (χ0v) is 20.9. The van der Waals surface area contributed by atoms with Crippen LogP contribution in [0.1, 0.15) is 59.3 Å². The zero-order valence-electron chi connectivity index (χ0n) is 20.9. The van der Waals surface area contributed by atoms with E-state index >= 15 is 0 Å². The number of nitrogens with one attached hydrogen (secondary N) is 2. The van der Waals surface area contributed by atoms with Crippen molar-refractivity contribution < 1.29 is 8.78 Å². The van der Waals surface area contributed by atoms with Gasteiger partial charge < -0.3 is 10.7 Å². The van der Waals surface area contributed by atoms with Crippen molar-refractivity contribution in [1.29, 1.82) is 5.41 Å². The van der Waals surface area contributed by atoms with E-state index < -0.39 is 5.92 Å². The minimum Gasteiger partial charge on any atom is -0.378 e. The van der Waals surface area contributed by atoms with E-state index in [9.17, 15) is 8.78 Å². The van der Waals surface area contributed by atoms with Gasteiger partial charge in [0.15, 0.2) is 0 Å². The fourth-order valence-corrected chi connectivity index (χ4v) is 5.03. The lowest BCUT2D eigenvalue weighted by Crippen LogP contribution is -2.33. The van der Waals surface area contributed by atoms with Crippen LogP contribution in [0.5, 0.6) is 0 Å². The summed E-state index contributed by atoms with van der Waals surface area (Å²) < 4.78 is 27.2. The second kappa shape index (κ2) is 11.8. The van der Waals surface area contributed by atoms with Crippen molar-refractivity contribution in [1.82, 2.24) is 5.32 Å². The van der Waals surface area contributed by atoms with E-state index in [1.807, 2.05) is 12.2 Å². The molecule has 0 heterocycles. The first-order chi connectivity index (χ1) is 16.2. The quantitative estimate of drug-likeness (QED) is 0.234. The summed E-state index contributed by atoms with van der Waals surface area (Å²) in [5.41, 5.74) is 3.42. The Hall–Kier alpha value is -2.49. The van der Waals surface area contributed by atoms with Crippen LogP contribution in [-0.2, 0) is 0 Å². The Kier molecular flexibility index (Phi) is 9.04. The molecule has 3 aliphatic rings. The molecule has 3 rings (SSSR count). The molecule has 0 radical (unpaired) electrons. The molecule has 4 unspecified atom stereocenters. The Morgan fingerprint density at radius 2 is 1.88 bits per heavy atom. The first-order valence-electron chi connectivity index (χ1n) is 12.7. The van der Waals surface area contributed by atoms with Gasteiger partial charge >= 0.3 is 0 Å². The van der Waals surface area contributed by atoms with Gasteiger partial charge in [0, 0.05) is 24.4 Å². The van der Waals surface area contributed by atoms with Gasteiger partial charge in [0.2, 0.25) is 0 Å². The highest BCUT2D eigenvalue weighted by Gasteiger charge is 2.30. The summed E-state index contributed by atoms with van der Waals surface area (Å²) in [6.07, 6.45) is 25.5. The molecule has 34 heavy (non-hydrogen) atoms. The number of alkyl halides is 2. The van der Waals surface area contributed by atoms with Gasteiger partial charge in [-0.3, -0.25) is 0 Å². The highest BCUT2D eigenvalue weighted by atomic mass is 19.3. The summed E-state index contributed by atoms with van der Waals surface area (Å²) >= 11 is 0. The van der Waals surface area contributed by atoms with Crippen LogP contribution in [0.4, 0.5) is 8.78 Å². The van der Waals surface area contributed by atoms with Crippen LogP contribution in [0.2, 0.25) is 0 Å². The molecule has 184 valence electrons. The Balaban J connectivity index is 1.68. The first kappa shape index (κ1) is 26.1. The van der Waals surface area contributed by atoms with Gasteiger partial charge in [-0.25, -0.2) is 8.78 Å². The number of rotatable bonds is 11. The van der Waals surface area contributed by atoms with Crippen LogP contribution in [0.3, 0.4) is 0 Å². The maximum atomic E-state index is 13.6. The summed E-state index contributed by atoms with van der Waals surface area (Å²) in [6.45, 7) is 9.26. The van der Waals surface area contributed by atoms with Crippen molar-refractivity contribution in [3.63, 3.8) is 0 Å².